The van der Waals surface area contributed by atoms with Gasteiger partial charge in [0.15, 0.2) is 0 Å². The molecule has 2 fully saturated rings. The van der Waals surface area contributed by atoms with E-state index in [0.29, 0.717) is 39.3 Å². The highest BCUT2D eigenvalue weighted by molar-refractivity contribution is 5.94. The number of nitrogens with one attached hydrogen (secondary N) is 1. The Morgan fingerprint density at radius 3 is 2.70 bits per heavy atom. The van der Waals surface area contributed by atoms with Crippen LogP contribution in [0.15, 0.2) is 24.3 Å². The van der Waals surface area contributed by atoms with E-state index in [-0.39, 0.29) is 17.7 Å². The molecular weight excluding hydrogens is 342 g/mol. The Morgan fingerprint density at radius 1 is 1.22 bits per heavy atom. The van der Waals surface area contributed by atoms with Gasteiger partial charge in [-0.25, -0.2) is 0 Å². The molecule has 2 amide bonds. The van der Waals surface area contributed by atoms with Gasteiger partial charge in [-0.2, -0.15) is 0 Å². The summed E-state index contributed by atoms with van der Waals surface area (Å²) in [5, 5.41) is 3.00. The van der Waals surface area contributed by atoms with Crippen molar-refractivity contribution in [1.29, 1.82) is 0 Å². The van der Waals surface area contributed by atoms with Crippen LogP contribution in [0.2, 0.25) is 0 Å². The summed E-state index contributed by atoms with van der Waals surface area (Å²) in [5.74, 6) is 5.82. The second-order valence-corrected chi connectivity index (χ2v) is 6.96. The van der Waals surface area contributed by atoms with Gasteiger partial charge in [0.05, 0.1) is 13.2 Å². The summed E-state index contributed by atoms with van der Waals surface area (Å²) in [7, 11) is 0. The van der Waals surface area contributed by atoms with Gasteiger partial charge in [0.1, 0.15) is 0 Å². The fourth-order valence-electron chi connectivity index (χ4n) is 3.34. The first-order valence-corrected chi connectivity index (χ1v) is 9.64. The molecule has 2 saturated heterocycles. The fraction of sp³-hybridized carbons (Fsp3) is 0.524. The first-order chi connectivity index (χ1) is 13.2. The van der Waals surface area contributed by atoms with Gasteiger partial charge in [0.25, 0.3) is 5.91 Å². The van der Waals surface area contributed by atoms with E-state index < -0.39 is 0 Å². The molecule has 0 unspecified atom stereocenters. The monoisotopic (exact) mass is 369 g/mol. The van der Waals surface area contributed by atoms with E-state index in [2.05, 4.69) is 29.0 Å². The van der Waals surface area contributed by atoms with Crippen molar-refractivity contribution in [3.05, 3.63) is 29.8 Å². The van der Waals surface area contributed by atoms with Crippen molar-refractivity contribution in [2.24, 2.45) is 5.92 Å². The van der Waals surface area contributed by atoms with Gasteiger partial charge < -0.3 is 15.0 Å². The van der Waals surface area contributed by atoms with Crippen LogP contribution in [0.25, 0.3) is 0 Å². The van der Waals surface area contributed by atoms with Gasteiger partial charge >= 0.3 is 0 Å². The van der Waals surface area contributed by atoms with E-state index in [1.165, 1.54) is 0 Å². The molecule has 0 bridgehead atoms. The van der Waals surface area contributed by atoms with Crippen molar-refractivity contribution in [3.63, 3.8) is 0 Å². The number of rotatable bonds is 4. The Bertz CT molecular complexity index is 724. The number of hydrogen-bond donors (Lipinski definition) is 1. The van der Waals surface area contributed by atoms with Crippen LogP contribution in [-0.4, -0.2) is 67.6 Å². The van der Waals surface area contributed by atoms with Gasteiger partial charge in [0.2, 0.25) is 5.91 Å². The lowest BCUT2D eigenvalue weighted by Gasteiger charge is -2.33. The minimum absolute atomic E-state index is 0.0169. The van der Waals surface area contributed by atoms with Crippen molar-refractivity contribution in [2.75, 3.05) is 51.3 Å². The predicted molar refractivity (Wildman–Crippen MR) is 104 cm³/mol. The van der Waals surface area contributed by atoms with E-state index in [1.807, 2.05) is 24.3 Å². The second kappa shape index (κ2) is 9.54. The molecule has 0 spiro atoms. The molecule has 1 N–H and O–H groups in total. The highest BCUT2D eigenvalue weighted by Crippen LogP contribution is 2.15. The number of aryl methyl sites for hydroxylation is 1. The maximum absolute atomic E-state index is 12.3. The lowest BCUT2D eigenvalue weighted by atomic mass is 10.1. The van der Waals surface area contributed by atoms with Crippen LogP contribution in [-0.2, 0) is 20.7 Å². The molecule has 27 heavy (non-hydrogen) atoms. The van der Waals surface area contributed by atoms with Crippen molar-refractivity contribution in [3.8, 4) is 11.8 Å². The van der Waals surface area contributed by atoms with Gasteiger partial charge in [-0.05, 0) is 30.4 Å². The maximum atomic E-state index is 12.3. The van der Waals surface area contributed by atoms with E-state index >= 15 is 0 Å². The summed E-state index contributed by atoms with van der Waals surface area (Å²) >= 11 is 0. The number of anilines is 1. The number of para-hydroxylation sites is 1. The number of ether oxygens (including phenoxy) is 1. The molecule has 0 aromatic heterocycles. The van der Waals surface area contributed by atoms with Crippen LogP contribution < -0.4 is 5.32 Å². The second-order valence-electron chi connectivity index (χ2n) is 6.96. The molecule has 6 nitrogen and oxygen atoms in total. The molecule has 2 aliphatic heterocycles. The Morgan fingerprint density at radius 2 is 2.00 bits per heavy atom. The van der Waals surface area contributed by atoms with Crippen LogP contribution in [0, 0.1) is 17.8 Å². The maximum Gasteiger partial charge on any atom is 0.298 e. The van der Waals surface area contributed by atoms with Crippen LogP contribution in [0.5, 0.6) is 0 Å². The van der Waals surface area contributed by atoms with Crippen molar-refractivity contribution in [1.82, 2.24) is 9.80 Å². The first kappa shape index (κ1) is 19.4. The highest BCUT2D eigenvalue weighted by Gasteiger charge is 2.22. The van der Waals surface area contributed by atoms with Crippen LogP contribution in [0.3, 0.4) is 0 Å². The largest absolute Gasteiger partial charge is 0.380 e. The van der Waals surface area contributed by atoms with Crippen LogP contribution >= 0.6 is 0 Å². The molecule has 3 rings (SSSR count). The standard InChI is InChI=1S/C21H27N3O3/c1-2-18-5-3-4-6-19(18)22-20(25)15-23-10-12-24(13-11-23)21(26)8-7-17-9-14-27-16-17/h3-6,17H,2,9-16H2,1H3,(H,22,25)/t17-/m1/s1. The number of nitrogens with zero attached hydrogens (tertiary/aromatic N) is 2. The number of benzene rings is 1. The number of carbonyl (C=O) groups excluding carboxylic acids is 2. The van der Waals surface area contributed by atoms with E-state index in [0.717, 1.165) is 30.7 Å². The van der Waals surface area contributed by atoms with Gasteiger partial charge in [0, 0.05) is 44.4 Å². The normalized spacial score (nSPS) is 20.0. The molecule has 1 aromatic carbocycles. The molecule has 144 valence electrons. The molecular formula is C21H27N3O3. The smallest absolute Gasteiger partial charge is 0.298 e. The lowest BCUT2D eigenvalue weighted by molar-refractivity contribution is -0.127. The number of piperazine rings is 1. The number of amides is 2. The zero-order valence-electron chi connectivity index (χ0n) is 15.9. The number of hydrogen-bond acceptors (Lipinski definition) is 4. The molecule has 1 atom stereocenters. The number of carbonyl (C=O) groups is 2. The third-order valence-corrected chi connectivity index (χ3v) is 5.01. The average Bonchev–Trinajstić information content (AvgIpc) is 3.20. The highest BCUT2D eigenvalue weighted by atomic mass is 16.5. The van der Waals surface area contributed by atoms with Crippen molar-refractivity contribution in [2.45, 2.75) is 19.8 Å². The molecule has 2 heterocycles. The fourth-order valence-corrected chi connectivity index (χ4v) is 3.34. The quantitative estimate of drug-likeness (QED) is 0.815. The summed E-state index contributed by atoms with van der Waals surface area (Å²) in [4.78, 5) is 28.4. The zero-order chi connectivity index (χ0) is 19.1. The van der Waals surface area contributed by atoms with Crippen LogP contribution in [0.1, 0.15) is 18.9 Å². The minimum atomic E-state index is -0.122. The van der Waals surface area contributed by atoms with Crippen LogP contribution in [0.4, 0.5) is 5.69 Å². The Balaban J connectivity index is 1.43. The zero-order valence-corrected chi connectivity index (χ0v) is 15.9. The summed E-state index contributed by atoms with van der Waals surface area (Å²) in [6.07, 6.45) is 1.79. The third kappa shape index (κ3) is 5.56. The minimum Gasteiger partial charge on any atom is -0.380 e. The summed E-state index contributed by atoms with van der Waals surface area (Å²) < 4.78 is 5.27. The predicted octanol–water partition coefficient (Wildman–Crippen LogP) is 1.37. The van der Waals surface area contributed by atoms with E-state index in [1.54, 1.807) is 4.90 Å². The molecule has 2 aliphatic rings. The SMILES string of the molecule is CCc1ccccc1NC(=O)CN1CCN(C(=O)C#C[C@@H]2CCOC2)CC1. The Labute approximate surface area is 160 Å². The Kier molecular flexibility index (Phi) is 6.86. The summed E-state index contributed by atoms with van der Waals surface area (Å²) in [6.45, 7) is 6.35. The molecule has 0 saturated carbocycles. The average molecular weight is 369 g/mol. The molecule has 0 aliphatic carbocycles. The topological polar surface area (TPSA) is 61.9 Å². The van der Waals surface area contributed by atoms with Gasteiger partial charge in [-0.3, -0.25) is 14.5 Å². The molecule has 1 aromatic rings. The summed E-state index contributed by atoms with van der Waals surface area (Å²) in [5.41, 5.74) is 2.01. The Hall–Kier alpha value is -2.36. The third-order valence-electron chi connectivity index (χ3n) is 5.01. The first-order valence-electron chi connectivity index (χ1n) is 9.64. The van der Waals surface area contributed by atoms with Crippen molar-refractivity contribution >= 4 is 17.5 Å². The molecule has 0 radical (unpaired) electrons. The molecule has 6 heteroatoms. The summed E-state index contributed by atoms with van der Waals surface area (Å²) in [6, 6.07) is 7.87. The van der Waals surface area contributed by atoms with E-state index in [9.17, 15) is 9.59 Å². The lowest BCUT2D eigenvalue weighted by Crippen LogP contribution is -2.50. The van der Waals surface area contributed by atoms with Crippen molar-refractivity contribution < 1.29 is 14.3 Å². The van der Waals surface area contributed by atoms with E-state index in [4.69, 9.17) is 4.74 Å². The van der Waals surface area contributed by atoms with Gasteiger partial charge in [-0.15, -0.1) is 0 Å². The van der Waals surface area contributed by atoms with Gasteiger partial charge in [-0.1, -0.05) is 31.0 Å².